The molecule has 0 saturated carbocycles. The normalized spacial score (nSPS) is 11.9. The lowest BCUT2D eigenvalue weighted by atomic mass is 10.2. The van der Waals surface area contributed by atoms with Crippen molar-refractivity contribution in [2.24, 2.45) is 0 Å². The van der Waals surface area contributed by atoms with Gasteiger partial charge in [0.2, 0.25) is 0 Å². The Labute approximate surface area is 113 Å². The first kappa shape index (κ1) is 15.3. The number of ether oxygens (including phenoxy) is 1. The maximum Gasteiger partial charge on any atom is 0.390 e. The highest BCUT2D eigenvalue weighted by Crippen LogP contribution is 2.25. The lowest BCUT2D eigenvalue weighted by Crippen LogP contribution is -2.24. The second-order valence-electron chi connectivity index (χ2n) is 4.06. The van der Waals surface area contributed by atoms with Crippen LogP contribution in [0.1, 0.15) is 12.0 Å². The van der Waals surface area contributed by atoms with Crippen molar-refractivity contribution in [1.29, 1.82) is 0 Å². The van der Waals surface area contributed by atoms with Crippen LogP contribution in [-0.4, -0.2) is 31.8 Å². The van der Waals surface area contributed by atoms with Gasteiger partial charge in [-0.1, -0.05) is 15.9 Å². The Bertz CT molecular complexity index is 395. The molecule has 0 aliphatic heterocycles. The zero-order chi connectivity index (χ0) is 13.8. The molecule has 1 aromatic carbocycles. The molecule has 0 N–H and O–H groups in total. The van der Waals surface area contributed by atoms with E-state index in [1.807, 2.05) is 12.1 Å². The third kappa shape index (κ3) is 5.27. The van der Waals surface area contributed by atoms with Gasteiger partial charge in [0.05, 0.1) is 13.5 Å². The van der Waals surface area contributed by atoms with Gasteiger partial charge in [0.25, 0.3) is 0 Å². The molecule has 0 atom stereocenters. The summed E-state index contributed by atoms with van der Waals surface area (Å²) in [6.45, 7) is 0.387. The average molecular weight is 326 g/mol. The molecule has 102 valence electrons. The number of benzene rings is 1. The fourth-order valence-electron chi connectivity index (χ4n) is 1.56. The van der Waals surface area contributed by atoms with Crippen molar-refractivity contribution in [3.63, 3.8) is 0 Å². The largest absolute Gasteiger partial charge is 0.496 e. The van der Waals surface area contributed by atoms with Gasteiger partial charge in [-0.15, -0.1) is 0 Å². The van der Waals surface area contributed by atoms with Crippen molar-refractivity contribution in [2.45, 2.75) is 19.1 Å². The Morgan fingerprint density at radius 1 is 1.33 bits per heavy atom. The smallest absolute Gasteiger partial charge is 0.390 e. The fraction of sp³-hybridized carbons (Fsp3) is 0.500. The third-order valence-corrected chi connectivity index (χ3v) is 2.95. The predicted octanol–water partition coefficient (Wildman–Crippen LogP) is 3.84. The number of nitrogens with zero attached hydrogens (tertiary/aromatic N) is 1. The van der Waals surface area contributed by atoms with E-state index in [-0.39, 0.29) is 6.54 Å². The van der Waals surface area contributed by atoms with Crippen LogP contribution in [0.15, 0.2) is 22.7 Å². The standard InChI is InChI=1S/C12H15BrF3NO/c1-17(6-5-12(14,15)16)8-9-7-10(13)3-4-11(9)18-2/h3-4,7H,5-6,8H2,1-2H3. The molecule has 0 heterocycles. The lowest BCUT2D eigenvalue weighted by molar-refractivity contribution is -0.137. The fourth-order valence-corrected chi connectivity index (χ4v) is 1.97. The molecule has 0 unspecified atom stereocenters. The lowest BCUT2D eigenvalue weighted by Gasteiger charge is -2.19. The number of hydrogen-bond acceptors (Lipinski definition) is 2. The highest BCUT2D eigenvalue weighted by Gasteiger charge is 2.27. The van der Waals surface area contributed by atoms with Crippen LogP contribution < -0.4 is 4.74 Å². The Balaban J connectivity index is 2.63. The van der Waals surface area contributed by atoms with Crippen molar-refractivity contribution in [2.75, 3.05) is 20.7 Å². The second kappa shape index (κ2) is 6.43. The molecule has 18 heavy (non-hydrogen) atoms. The first-order valence-electron chi connectivity index (χ1n) is 5.39. The highest BCUT2D eigenvalue weighted by molar-refractivity contribution is 9.10. The average Bonchev–Trinajstić information content (AvgIpc) is 2.26. The van der Waals surface area contributed by atoms with Gasteiger partial charge in [0.1, 0.15) is 5.75 Å². The van der Waals surface area contributed by atoms with Crippen LogP contribution in [0.3, 0.4) is 0 Å². The van der Waals surface area contributed by atoms with Crippen molar-refractivity contribution in [3.05, 3.63) is 28.2 Å². The molecule has 0 saturated heterocycles. The van der Waals surface area contributed by atoms with E-state index in [0.29, 0.717) is 12.3 Å². The monoisotopic (exact) mass is 325 g/mol. The molecular weight excluding hydrogens is 311 g/mol. The maximum absolute atomic E-state index is 12.1. The quantitative estimate of drug-likeness (QED) is 0.815. The van der Waals surface area contributed by atoms with Crippen LogP contribution >= 0.6 is 15.9 Å². The molecule has 1 aromatic rings. The summed E-state index contributed by atoms with van der Waals surface area (Å²) in [5.41, 5.74) is 0.858. The van der Waals surface area contributed by atoms with Crippen molar-refractivity contribution in [1.82, 2.24) is 4.90 Å². The SMILES string of the molecule is COc1ccc(Br)cc1CN(C)CCC(F)(F)F. The predicted molar refractivity (Wildman–Crippen MR) is 67.7 cm³/mol. The maximum atomic E-state index is 12.1. The van der Waals surface area contributed by atoms with Gasteiger partial charge in [-0.25, -0.2) is 0 Å². The molecule has 0 radical (unpaired) electrons. The van der Waals surface area contributed by atoms with E-state index < -0.39 is 12.6 Å². The van der Waals surface area contributed by atoms with Gasteiger partial charge in [0.15, 0.2) is 0 Å². The molecule has 0 bridgehead atoms. The molecule has 6 heteroatoms. The minimum absolute atomic E-state index is 0.0286. The summed E-state index contributed by atoms with van der Waals surface area (Å²) in [7, 11) is 3.20. The zero-order valence-corrected chi connectivity index (χ0v) is 11.8. The zero-order valence-electron chi connectivity index (χ0n) is 10.2. The Morgan fingerprint density at radius 3 is 2.56 bits per heavy atom. The summed E-state index contributed by atoms with van der Waals surface area (Å²) < 4.78 is 42.4. The summed E-state index contributed by atoms with van der Waals surface area (Å²) in [6, 6.07) is 5.47. The Hall–Kier alpha value is -0.750. The molecule has 0 aromatic heterocycles. The van der Waals surface area contributed by atoms with Gasteiger partial charge in [-0.2, -0.15) is 13.2 Å². The molecule has 0 aliphatic rings. The third-order valence-electron chi connectivity index (χ3n) is 2.46. The van der Waals surface area contributed by atoms with E-state index in [9.17, 15) is 13.2 Å². The molecular formula is C12H15BrF3NO. The second-order valence-corrected chi connectivity index (χ2v) is 4.97. The number of alkyl halides is 3. The first-order valence-corrected chi connectivity index (χ1v) is 6.19. The van der Waals surface area contributed by atoms with Crippen LogP contribution in [0, 0.1) is 0 Å². The van der Waals surface area contributed by atoms with Crippen molar-refractivity contribution in [3.8, 4) is 5.75 Å². The van der Waals surface area contributed by atoms with Gasteiger partial charge in [-0.05, 0) is 25.2 Å². The Morgan fingerprint density at radius 2 is 2.00 bits per heavy atom. The number of methoxy groups -OCH3 is 1. The topological polar surface area (TPSA) is 12.5 Å². The van der Waals surface area contributed by atoms with Crippen LogP contribution in [-0.2, 0) is 6.54 Å². The van der Waals surface area contributed by atoms with Gasteiger partial charge < -0.3 is 9.64 Å². The van der Waals surface area contributed by atoms with E-state index in [0.717, 1.165) is 10.0 Å². The summed E-state index contributed by atoms with van der Waals surface area (Å²) in [5, 5.41) is 0. The van der Waals surface area contributed by atoms with E-state index in [2.05, 4.69) is 15.9 Å². The number of hydrogen-bond donors (Lipinski definition) is 0. The summed E-state index contributed by atoms with van der Waals surface area (Å²) in [4.78, 5) is 1.62. The van der Waals surface area contributed by atoms with Crippen LogP contribution in [0.25, 0.3) is 0 Å². The first-order chi connectivity index (χ1) is 8.31. The van der Waals surface area contributed by atoms with Gasteiger partial charge in [0, 0.05) is 23.1 Å². The summed E-state index contributed by atoms with van der Waals surface area (Å²) in [6.07, 6.45) is -4.92. The molecule has 0 fully saturated rings. The molecule has 0 aliphatic carbocycles. The van der Waals surface area contributed by atoms with E-state index >= 15 is 0 Å². The molecule has 2 nitrogen and oxygen atoms in total. The van der Waals surface area contributed by atoms with Crippen LogP contribution in [0.2, 0.25) is 0 Å². The van der Waals surface area contributed by atoms with Crippen molar-refractivity contribution < 1.29 is 17.9 Å². The van der Waals surface area contributed by atoms with Gasteiger partial charge >= 0.3 is 6.18 Å². The summed E-state index contributed by atoms with van der Waals surface area (Å²) in [5.74, 6) is 0.678. The van der Waals surface area contributed by atoms with Crippen molar-refractivity contribution >= 4 is 15.9 Å². The number of rotatable bonds is 5. The molecule has 0 amide bonds. The van der Waals surface area contributed by atoms with Gasteiger partial charge in [-0.3, -0.25) is 0 Å². The summed E-state index contributed by atoms with van der Waals surface area (Å²) >= 11 is 3.33. The Kier molecular flexibility index (Phi) is 5.47. The van der Waals surface area contributed by atoms with Crippen LogP contribution in [0.5, 0.6) is 5.75 Å². The van der Waals surface area contributed by atoms with E-state index in [1.54, 1.807) is 25.1 Å². The van der Waals surface area contributed by atoms with Crippen LogP contribution in [0.4, 0.5) is 13.2 Å². The molecule has 0 spiro atoms. The van der Waals surface area contributed by atoms with E-state index in [4.69, 9.17) is 4.74 Å². The number of halogens is 4. The minimum Gasteiger partial charge on any atom is -0.496 e. The van der Waals surface area contributed by atoms with E-state index in [1.165, 1.54) is 0 Å². The molecule has 1 rings (SSSR count). The highest BCUT2D eigenvalue weighted by atomic mass is 79.9. The minimum atomic E-state index is -4.12.